The van der Waals surface area contributed by atoms with Gasteiger partial charge in [-0.05, 0) is 18.9 Å². The Labute approximate surface area is 105 Å². The van der Waals surface area contributed by atoms with Crippen molar-refractivity contribution in [2.75, 3.05) is 0 Å². The highest BCUT2D eigenvalue weighted by atomic mass is 14.1. The van der Waals surface area contributed by atoms with Gasteiger partial charge in [0.15, 0.2) is 0 Å². The molecule has 1 aliphatic rings. The van der Waals surface area contributed by atoms with Gasteiger partial charge in [-0.2, -0.15) is 0 Å². The van der Waals surface area contributed by atoms with Gasteiger partial charge in [-0.1, -0.05) is 68.3 Å². The molecule has 0 saturated carbocycles. The minimum Gasteiger partial charge on any atom is -0.101 e. The maximum absolute atomic E-state index is 3.08. The second kappa shape index (κ2) is 7.52. The van der Waals surface area contributed by atoms with Crippen LogP contribution in [0.4, 0.5) is 0 Å². The Bertz CT molecular complexity index is 438. The van der Waals surface area contributed by atoms with Gasteiger partial charge in [0.2, 0.25) is 0 Å². The van der Waals surface area contributed by atoms with Crippen molar-refractivity contribution < 1.29 is 0 Å². The Morgan fingerprint density at radius 3 is 2.35 bits per heavy atom. The van der Waals surface area contributed by atoms with Crippen molar-refractivity contribution in [2.24, 2.45) is 0 Å². The second-order valence-electron chi connectivity index (χ2n) is 3.65. The zero-order chi connectivity index (χ0) is 12.5. The number of allylic oxidation sites excluding steroid dienone is 4. The molecule has 1 aromatic carbocycles. The fourth-order valence-electron chi connectivity index (χ4n) is 1.80. The molecule has 0 aromatic heterocycles. The molecule has 0 nitrogen and oxygen atoms in total. The topological polar surface area (TPSA) is 0 Å². The third-order valence-electron chi connectivity index (χ3n) is 2.60. The van der Waals surface area contributed by atoms with Gasteiger partial charge in [0, 0.05) is 11.5 Å². The first kappa shape index (κ1) is 13.3. The maximum Gasteiger partial charge on any atom is 0.0202 e. The molecule has 2 rings (SSSR count). The summed E-state index contributed by atoms with van der Waals surface area (Å²) in [4.78, 5) is 0. The normalized spacial score (nSPS) is 17.1. The van der Waals surface area contributed by atoms with Crippen LogP contribution < -0.4 is 0 Å². The largest absolute Gasteiger partial charge is 0.101 e. The second-order valence-corrected chi connectivity index (χ2v) is 3.65. The lowest BCUT2D eigenvalue weighted by Gasteiger charge is -2.14. The third-order valence-corrected chi connectivity index (χ3v) is 2.60. The number of benzene rings is 1. The van der Waals surface area contributed by atoms with E-state index < -0.39 is 0 Å². The van der Waals surface area contributed by atoms with Crippen LogP contribution in [0.3, 0.4) is 0 Å². The van der Waals surface area contributed by atoms with E-state index in [2.05, 4.69) is 60.4 Å². The van der Waals surface area contributed by atoms with E-state index >= 15 is 0 Å². The van der Waals surface area contributed by atoms with Gasteiger partial charge >= 0.3 is 0 Å². The summed E-state index contributed by atoms with van der Waals surface area (Å²) in [7, 11) is 0. The van der Waals surface area contributed by atoms with Crippen LogP contribution in [0.25, 0.3) is 0 Å². The van der Waals surface area contributed by atoms with Crippen molar-refractivity contribution in [3.63, 3.8) is 0 Å². The molecule has 0 amide bonds. The van der Waals surface area contributed by atoms with Crippen LogP contribution >= 0.6 is 0 Å². The van der Waals surface area contributed by atoms with E-state index in [4.69, 9.17) is 0 Å². The first-order valence-corrected chi connectivity index (χ1v) is 6.26. The lowest BCUT2D eigenvalue weighted by molar-refractivity contribution is 0.849. The first-order valence-electron chi connectivity index (χ1n) is 6.26. The van der Waals surface area contributed by atoms with Crippen molar-refractivity contribution in [3.8, 4) is 11.8 Å². The summed E-state index contributed by atoms with van der Waals surface area (Å²) in [6, 6.07) is 10.6. The molecule has 1 aliphatic carbocycles. The number of rotatable bonds is 1. The highest BCUT2D eigenvalue weighted by Crippen LogP contribution is 2.26. The van der Waals surface area contributed by atoms with Gasteiger partial charge in [0.25, 0.3) is 0 Å². The van der Waals surface area contributed by atoms with Gasteiger partial charge in [-0.15, -0.1) is 5.92 Å². The van der Waals surface area contributed by atoms with E-state index in [9.17, 15) is 0 Å². The molecule has 1 aromatic rings. The molecule has 0 N–H and O–H groups in total. The van der Waals surface area contributed by atoms with Crippen molar-refractivity contribution in [1.29, 1.82) is 0 Å². The fraction of sp³-hybridized carbons (Fsp3) is 0.294. The Hall–Kier alpha value is -1.74. The van der Waals surface area contributed by atoms with E-state index in [1.807, 2.05) is 20.8 Å². The minimum absolute atomic E-state index is 0.522. The van der Waals surface area contributed by atoms with Crippen molar-refractivity contribution in [3.05, 3.63) is 59.7 Å². The molecule has 0 saturated heterocycles. The monoisotopic (exact) mass is 224 g/mol. The predicted octanol–water partition coefficient (Wildman–Crippen LogP) is 4.71. The van der Waals surface area contributed by atoms with Crippen LogP contribution in [0.5, 0.6) is 0 Å². The van der Waals surface area contributed by atoms with E-state index in [-0.39, 0.29) is 0 Å². The van der Waals surface area contributed by atoms with Gasteiger partial charge in [0.1, 0.15) is 0 Å². The summed E-state index contributed by atoms with van der Waals surface area (Å²) < 4.78 is 0. The Morgan fingerprint density at radius 1 is 1.12 bits per heavy atom. The molecule has 0 spiro atoms. The summed E-state index contributed by atoms with van der Waals surface area (Å²) in [6.45, 7) is 5.87. The summed E-state index contributed by atoms with van der Waals surface area (Å²) >= 11 is 0. The van der Waals surface area contributed by atoms with Crippen LogP contribution in [0, 0.1) is 11.8 Å². The molecule has 0 radical (unpaired) electrons. The minimum atomic E-state index is 0.522. The lowest BCUT2D eigenvalue weighted by atomic mass is 9.90. The standard InChI is InChI=1S/C15H14.C2H6/c1-2-6-13-9-11-15(12-10-13)14-7-4-3-5-8-14;1-2/h3-5,7-11,15H,12H2,1H3;1-2H3. The smallest absolute Gasteiger partial charge is 0.0202 e. The SMILES string of the molecule is CC.CC#CC1=CCC(c2ccccc2)C=C1. The van der Waals surface area contributed by atoms with E-state index in [1.54, 1.807) is 0 Å². The summed E-state index contributed by atoms with van der Waals surface area (Å²) in [5, 5.41) is 0. The van der Waals surface area contributed by atoms with Crippen molar-refractivity contribution >= 4 is 0 Å². The van der Waals surface area contributed by atoms with E-state index in [0.29, 0.717) is 5.92 Å². The Morgan fingerprint density at radius 2 is 1.82 bits per heavy atom. The Balaban J connectivity index is 0.000000686. The maximum atomic E-state index is 3.08. The molecule has 0 aliphatic heterocycles. The molecular formula is C17H20. The third kappa shape index (κ3) is 3.96. The average molecular weight is 224 g/mol. The molecule has 0 heteroatoms. The van der Waals surface area contributed by atoms with Crippen LogP contribution in [-0.4, -0.2) is 0 Å². The number of hydrogen-bond acceptors (Lipinski definition) is 0. The average Bonchev–Trinajstić information content (AvgIpc) is 2.43. The molecule has 17 heavy (non-hydrogen) atoms. The van der Waals surface area contributed by atoms with E-state index in [0.717, 1.165) is 12.0 Å². The van der Waals surface area contributed by atoms with Crippen LogP contribution in [0.15, 0.2) is 54.1 Å². The van der Waals surface area contributed by atoms with Crippen molar-refractivity contribution in [1.82, 2.24) is 0 Å². The van der Waals surface area contributed by atoms with Gasteiger partial charge in [0.05, 0.1) is 0 Å². The van der Waals surface area contributed by atoms with Crippen LogP contribution in [0.1, 0.15) is 38.7 Å². The first-order chi connectivity index (χ1) is 8.40. The van der Waals surface area contributed by atoms with Gasteiger partial charge in [-0.25, -0.2) is 0 Å². The zero-order valence-corrected chi connectivity index (χ0v) is 10.9. The van der Waals surface area contributed by atoms with E-state index in [1.165, 1.54) is 5.56 Å². The summed E-state index contributed by atoms with van der Waals surface area (Å²) in [6.07, 6.45) is 7.64. The molecule has 1 unspecified atom stereocenters. The number of hydrogen-bond donors (Lipinski definition) is 0. The highest BCUT2D eigenvalue weighted by Gasteiger charge is 2.09. The summed E-state index contributed by atoms with van der Waals surface area (Å²) in [5.41, 5.74) is 2.53. The molecular weight excluding hydrogens is 204 g/mol. The van der Waals surface area contributed by atoms with Crippen LogP contribution in [0.2, 0.25) is 0 Å². The van der Waals surface area contributed by atoms with Crippen LogP contribution in [-0.2, 0) is 0 Å². The fourth-order valence-corrected chi connectivity index (χ4v) is 1.80. The Kier molecular flexibility index (Phi) is 5.89. The van der Waals surface area contributed by atoms with Gasteiger partial charge < -0.3 is 0 Å². The lowest BCUT2D eigenvalue weighted by Crippen LogP contribution is -1.97. The molecule has 1 atom stereocenters. The summed E-state index contributed by atoms with van der Waals surface area (Å²) in [5.74, 6) is 6.53. The zero-order valence-electron chi connectivity index (χ0n) is 10.9. The predicted molar refractivity (Wildman–Crippen MR) is 75.8 cm³/mol. The molecule has 0 heterocycles. The molecule has 0 fully saturated rings. The van der Waals surface area contributed by atoms with Gasteiger partial charge in [-0.3, -0.25) is 0 Å². The molecule has 88 valence electrons. The van der Waals surface area contributed by atoms with Crippen molar-refractivity contribution in [2.45, 2.75) is 33.1 Å². The molecule has 0 bridgehead atoms. The highest BCUT2D eigenvalue weighted by molar-refractivity contribution is 5.42. The quantitative estimate of drug-likeness (QED) is 0.606.